The van der Waals surface area contributed by atoms with Crippen LogP contribution in [0.5, 0.6) is 0 Å². The van der Waals surface area contributed by atoms with Gasteiger partial charge in [-0.2, -0.15) is 0 Å². The molecule has 0 atom stereocenters. The average molecular weight is 290 g/mol. The van der Waals surface area contributed by atoms with Crippen LogP contribution < -0.4 is 5.32 Å². The lowest BCUT2D eigenvalue weighted by molar-refractivity contribution is 0.0636. The van der Waals surface area contributed by atoms with Crippen molar-refractivity contribution in [2.75, 3.05) is 5.32 Å². The van der Waals surface area contributed by atoms with Crippen molar-refractivity contribution in [3.8, 4) is 0 Å². The summed E-state index contributed by atoms with van der Waals surface area (Å²) in [6.45, 7) is 4.93. The summed E-state index contributed by atoms with van der Waals surface area (Å²) < 4.78 is 18.1. The zero-order chi connectivity index (χ0) is 14.8. The van der Waals surface area contributed by atoms with Crippen LogP contribution in [0, 0.1) is 5.82 Å². The van der Waals surface area contributed by atoms with E-state index in [-0.39, 0.29) is 10.7 Å². The zero-order valence-corrected chi connectivity index (χ0v) is 11.3. The van der Waals surface area contributed by atoms with Crippen LogP contribution in [0.4, 0.5) is 14.9 Å². The molecule has 19 heavy (non-hydrogen) atoms. The number of anilines is 1. The van der Waals surface area contributed by atoms with Crippen molar-refractivity contribution in [2.24, 2.45) is 0 Å². The molecule has 0 saturated carbocycles. The lowest BCUT2D eigenvalue weighted by atomic mass is 10.1. The molecule has 7 heteroatoms. The Bertz CT molecular complexity index is 525. The first-order valence-electron chi connectivity index (χ1n) is 5.32. The topological polar surface area (TPSA) is 75.6 Å². The highest BCUT2D eigenvalue weighted by Gasteiger charge is 2.21. The number of carbonyl (C=O) groups excluding carboxylic acids is 1. The number of carboxylic acids is 1. The Morgan fingerprint density at radius 3 is 2.42 bits per heavy atom. The first kappa shape index (κ1) is 15.2. The third-order valence-electron chi connectivity index (χ3n) is 1.90. The maximum absolute atomic E-state index is 13.2. The van der Waals surface area contributed by atoms with Gasteiger partial charge in [0, 0.05) is 0 Å². The van der Waals surface area contributed by atoms with E-state index in [2.05, 4.69) is 5.32 Å². The number of carbonyl (C=O) groups is 2. The average Bonchev–Trinajstić information content (AvgIpc) is 2.10. The number of rotatable bonds is 2. The van der Waals surface area contributed by atoms with E-state index in [0.29, 0.717) is 0 Å². The number of ether oxygens (including phenoxy) is 1. The van der Waals surface area contributed by atoms with E-state index >= 15 is 0 Å². The number of carboxylic acid groups (broad SMARTS) is 1. The fourth-order valence-corrected chi connectivity index (χ4v) is 1.59. The number of amides is 1. The van der Waals surface area contributed by atoms with Gasteiger partial charge in [-0.15, -0.1) is 0 Å². The fourth-order valence-electron chi connectivity index (χ4n) is 1.30. The van der Waals surface area contributed by atoms with E-state index in [9.17, 15) is 14.0 Å². The van der Waals surface area contributed by atoms with E-state index in [1.54, 1.807) is 20.8 Å². The fraction of sp³-hybridized carbons (Fsp3) is 0.333. The highest BCUT2D eigenvalue weighted by Crippen LogP contribution is 2.26. The summed E-state index contributed by atoms with van der Waals surface area (Å²) in [5.41, 5.74) is -1.41. The van der Waals surface area contributed by atoms with Crippen molar-refractivity contribution in [1.29, 1.82) is 0 Å². The van der Waals surface area contributed by atoms with E-state index in [4.69, 9.17) is 21.4 Å². The van der Waals surface area contributed by atoms with E-state index in [1.165, 1.54) is 0 Å². The summed E-state index contributed by atoms with van der Waals surface area (Å²) in [5.74, 6) is -2.14. The maximum Gasteiger partial charge on any atom is 0.412 e. The Kier molecular flexibility index (Phi) is 4.36. The molecular weight excluding hydrogens is 277 g/mol. The third-order valence-corrected chi connectivity index (χ3v) is 2.20. The van der Waals surface area contributed by atoms with Crippen molar-refractivity contribution < 1.29 is 23.8 Å². The van der Waals surface area contributed by atoms with Gasteiger partial charge in [0.05, 0.1) is 10.7 Å². The summed E-state index contributed by atoms with van der Waals surface area (Å²) in [4.78, 5) is 22.6. The van der Waals surface area contributed by atoms with E-state index in [0.717, 1.165) is 12.1 Å². The molecule has 1 aromatic carbocycles. The standard InChI is InChI=1S/C12H13ClFNO4/c1-12(2,3)19-11(18)15-8-5-6(14)4-7(13)9(8)10(16)17/h4-5H,1-3H3,(H,15,18)(H,16,17). The number of hydrogen-bond donors (Lipinski definition) is 2. The van der Waals surface area contributed by atoms with Crippen molar-refractivity contribution in [3.05, 3.63) is 28.5 Å². The third kappa shape index (κ3) is 4.40. The van der Waals surface area contributed by atoms with Gasteiger partial charge in [0.1, 0.15) is 17.0 Å². The molecule has 0 unspecified atom stereocenters. The van der Waals surface area contributed by atoms with Gasteiger partial charge in [0.2, 0.25) is 0 Å². The molecule has 1 amide bonds. The molecule has 104 valence electrons. The molecule has 0 aromatic heterocycles. The van der Waals surface area contributed by atoms with Crippen LogP contribution in [0.2, 0.25) is 5.02 Å². The van der Waals surface area contributed by atoms with Crippen molar-refractivity contribution in [3.63, 3.8) is 0 Å². The van der Waals surface area contributed by atoms with Gasteiger partial charge in [0.25, 0.3) is 0 Å². The summed E-state index contributed by atoms with van der Waals surface area (Å²) in [5, 5.41) is 10.8. The minimum atomic E-state index is -1.38. The number of aromatic carboxylic acids is 1. The van der Waals surface area contributed by atoms with E-state index in [1.807, 2.05) is 0 Å². The lowest BCUT2D eigenvalue weighted by Gasteiger charge is -2.20. The zero-order valence-electron chi connectivity index (χ0n) is 10.6. The number of nitrogens with one attached hydrogen (secondary N) is 1. The van der Waals surface area contributed by atoms with Gasteiger partial charge in [-0.1, -0.05) is 11.6 Å². The first-order chi connectivity index (χ1) is 8.60. The number of halogens is 2. The number of benzene rings is 1. The second-order valence-corrected chi connectivity index (χ2v) is 5.15. The molecule has 0 aliphatic heterocycles. The van der Waals surface area contributed by atoms with Gasteiger partial charge in [0.15, 0.2) is 0 Å². The number of hydrogen-bond acceptors (Lipinski definition) is 3. The molecular formula is C12H13ClFNO4. The minimum Gasteiger partial charge on any atom is -0.478 e. The van der Waals surface area contributed by atoms with Crippen LogP contribution >= 0.6 is 11.6 Å². The first-order valence-corrected chi connectivity index (χ1v) is 5.70. The SMILES string of the molecule is CC(C)(C)OC(=O)Nc1cc(F)cc(Cl)c1C(=O)O. The summed E-state index contributed by atoms with van der Waals surface area (Å²) in [6.07, 6.45) is -0.892. The molecule has 2 N–H and O–H groups in total. The predicted molar refractivity (Wildman–Crippen MR) is 68.2 cm³/mol. The predicted octanol–water partition coefficient (Wildman–Crippen LogP) is 3.52. The van der Waals surface area contributed by atoms with Crippen LogP contribution in [0.3, 0.4) is 0 Å². The molecule has 0 fully saturated rings. The quantitative estimate of drug-likeness (QED) is 0.873. The van der Waals surface area contributed by atoms with Gasteiger partial charge in [-0.3, -0.25) is 5.32 Å². The Balaban J connectivity index is 3.07. The second kappa shape index (κ2) is 5.44. The van der Waals surface area contributed by atoms with Crippen LogP contribution in [-0.2, 0) is 4.74 Å². The molecule has 1 rings (SSSR count). The van der Waals surface area contributed by atoms with Gasteiger partial charge < -0.3 is 9.84 Å². The largest absolute Gasteiger partial charge is 0.478 e. The van der Waals surface area contributed by atoms with Gasteiger partial charge in [-0.25, -0.2) is 14.0 Å². The molecule has 5 nitrogen and oxygen atoms in total. The smallest absolute Gasteiger partial charge is 0.412 e. The molecule has 0 saturated heterocycles. The normalized spacial score (nSPS) is 11.0. The van der Waals surface area contributed by atoms with Crippen molar-refractivity contribution >= 4 is 29.4 Å². The summed E-state index contributed by atoms with van der Waals surface area (Å²) in [6, 6.07) is 1.71. The van der Waals surface area contributed by atoms with Crippen molar-refractivity contribution in [1.82, 2.24) is 0 Å². The lowest BCUT2D eigenvalue weighted by Crippen LogP contribution is -2.27. The maximum atomic E-state index is 13.2. The molecule has 0 spiro atoms. The Labute approximate surface area is 114 Å². The molecule has 0 heterocycles. The molecule has 0 aliphatic rings. The minimum absolute atomic E-state index is 0.258. The van der Waals surface area contributed by atoms with Crippen molar-refractivity contribution in [2.45, 2.75) is 26.4 Å². The van der Waals surface area contributed by atoms with E-state index < -0.39 is 29.0 Å². The Morgan fingerprint density at radius 1 is 1.37 bits per heavy atom. The van der Waals surface area contributed by atoms with Gasteiger partial charge in [-0.05, 0) is 32.9 Å². The Morgan fingerprint density at radius 2 is 1.95 bits per heavy atom. The monoisotopic (exact) mass is 289 g/mol. The Hall–Kier alpha value is -1.82. The van der Waals surface area contributed by atoms with Crippen LogP contribution in [0.1, 0.15) is 31.1 Å². The summed E-state index contributed by atoms with van der Waals surface area (Å²) in [7, 11) is 0. The second-order valence-electron chi connectivity index (χ2n) is 4.74. The molecule has 0 bridgehead atoms. The molecule has 1 aromatic rings. The highest BCUT2D eigenvalue weighted by atomic mass is 35.5. The molecule has 0 radical (unpaired) electrons. The van der Waals surface area contributed by atoms with Gasteiger partial charge >= 0.3 is 12.1 Å². The van der Waals surface area contributed by atoms with Crippen LogP contribution in [0.25, 0.3) is 0 Å². The van der Waals surface area contributed by atoms with Crippen LogP contribution in [0.15, 0.2) is 12.1 Å². The van der Waals surface area contributed by atoms with Crippen LogP contribution in [-0.4, -0.2) is 22.8 Å². The summed E-state index contributed by atoms with van der Waals surface area (Å²) >= 11 is 5.63. The molecule has 0 aliphatic carbocycles. The highest BCUT2D eigenvalue weighted by molar-refractivity contribution is 6.34.